The van der Waals surface area contributed by atoms with Gasteiger partial charge in [-0.1, -0.05) is 24.3 Å². The molecule has 1 fully saturated rings. The lowest BCUT2D eigenvalue weighted by Gasteiger charge is -2.17. The Hall–Kier alpha value is -2.30. The SMILES string of the molecule is Cc1nc(NC2CCc3ccccc32)nc(N[C@@H]2CC[C@@H](COS(N)(=O)=O)C2)n1. The molecule has 4 rings (SSSR count). The van der Waals surface area contributed by atoms with E-state index in [1.165, 1.54) is 11.1 Å². The van der Waals surface area contributed by atoms with Gasteiger partial charge in [-0.2, -0.15) is 23.4 Å². The Kier molecular flexibility index (Phi) is 5.66. The third kappa shape index (κ3) is 5.20. The zero-order chi connectivity index (χ0) is 20.4. The molecule has 2 aliphatic rings. The van der Waals surface area contributed by atoms with E-state index in [1.807, 2.05) is 6.92 Å². The van der Waals surface area contributed by atoms with Crippen LogP contribution in [-0.2, 0) is 20.9 Å². The predicted molar refractivity (Wildman–Crippen MR) is 110 cm³/mol. The molecule has 3 atom stereocenters. The van der Waals surface area contributed by atoms with Crippen molar-refractivity contribution in [3.8, 4) is 0 Å². The molecule has 9 nitrogen and oxygen atoms in total. The van der Waals surface area contributed by atoms with E-state index < -0.39 is 10.3 Å². The van der Waals surface area contributed by atoms with Gasteiger partial charge in [-0.3, -0.25) is 4.18 Å². The summed E-state index contributed by atoms with van der Waals surface area (Å²) in [6.45, 7) is 1.96. The van der Waals surface area contributed by atoms with Crippen LogP contribution in [0.3, 0.4) is 0 Å². The monoisotopic (exact) mass is 418 g/mol. The summed E-state index contributed by atoms with van der Waals surface area (Å²) in [7, 11) is -3.89. The quantitative estimate of drug-likeness (QED) is 0.623. The van der Waals surface area contributed by atoms with Gasteiger partial charge in [-0.15, -0.1) is 0 Å². The van der Waals surface area contributed by atoms with E-state index in [0.29, 0.717) is 17.7 Å². The van der Waals surface area contributed by atoms with Crippen molar-refractivity contribution in [2.24, 2.45) is 11.1 Å². The number of fused-ring (bicyclic) bond motifs is 1. The topological polar surface area (TPSA) is 132 Å². The molecule has 0 saturated heterocycles. The molecule has 0 radical (unpaired) electrons. The van der Waals surface area contributed by atoms with E-state index in [0.717, 1.165) is 32.1 Å². The van der Waals surface area contributed by atoms with Gasteiger partial charge in [0.15, 0.2) is 0 Å². The van der Waals surface area contributed by atoms with Crippen LogP contribution in [-0.4, -0.2) is 36.0 Å². The second-order valence-corrected chi connectivity index (χ2v) is 8.98. The molecule has 1 aromatic heterocycles. The van der Waals surface area contributed by atoms with Crippen LogP contribution in [0.4, 0.5) is 11.9 Å². The Morgan fingerprint density at radius 1 is 1.10 bits per heavy atom. The van der Waals surface area contributed by atoms with E-state index in [4.69, 9.17) is 9.32 Å². The minimum Gasteiger partial charge on any atom is -0.351 e. The lowest BCUT2D eigenvalue weighted by Crippen LogP contribution is -2.22. The second-order valence-electron chi connectivity index (χ2n) is 7.76. The average Bonchev–Trinajstić information content (AvgIpc) is 3.26. The van der Waals surface area contributed by atoms with Gasteiger partial charge >= 0.3 is 10.3 Å². The molecule has 0 amide bonds. The van der Waals surface area contributed by atoms with Crippen molar-refractivity contribution >= 4 is 22.2 Å². The number of hydrogen-bond donors (Lipinski definition) is 3. The molecule has 2 aliphatic carbocycles. The highest BCUT2D eigenvalue weighted by molar-refractivity contribution is 7.84. The molecule has 0 bridgehead atoms. The van der Waals surface area contributed by atoms with E-state index in [9.17, 15) is 8.42 Å². The molecular formula is C19H26N6O3S. The maximum absolute atomic E-state index is 11.0. The number of anilines is 2. The number of hydrogen-bond acceptors (Lipinski definition) is 8. The first kappa shape index (κ1) is 20.0. The molecule has 10 heteroatoms. The van der Waals surface area contributed by atoms with Crippen molar-refractivity contribution < 1.29 is 12.6 Å². The van der Waals surface area contributed by atoms with Crippen LogP contribution in [0.1, 0.15) is 48.7 Å². The number of nitrogens with two attached hydrogens (primary N) is 1. The first-order valence-electron chi connectivity index (χ1n) is 9.86. The summed E-state index contributed by atoms with van der Waals surface area (Å²) in [6, 6.07) is 8.80. The van der Waals surface area contributed by atoms with Gasteiger partial charge in [0.2, 0.25) is 11.9 Å². The minimum absolute atomic E-state index is 0.112. The van der Waals surface area contributed by atoms with Crippen LogP contribution in [0, 0.1) is 12.8 Å². The summed E-state index contributed by atoms with van der Waals surface area (Å²) in [5.41, 5.74) is 2.67. The lowest BCUT2D eigenvalue weighted by atomic mass is 10.1. The van der Waals surface area contributed by atoms with Crippen molar-refractivity contribution in [2.75, 3.05) is 17.2 Å². The third-order valence-corrected chi connectivity index (χ3v) is 5.99. The lowest BCUT2D eigenvalue weighted by molar-refractivity contribution is 0.256. The summed E-state index contributed by atoms with van der Waals surface area (Å²) in [5, 5.41) is 11.7. The zero-order valence-electron chi connectivity index (χ0n) is 16.3. The van der Waals surface area contributed by atoms with Gasteiger partial charge in [0, 0.05) is 6.04 Å². The summed E-state index contributed by atoms with van der Waals surface area (Å²) >= 11 is 0. The zero-order valence-corrected chi connectivity index (χ0v) is 17.2. The Bertz CT molecular complexity index is 984. The molecule has 156 valence electrons. The molecular weight excluding hydrogens is 392 g/mol. The Morgan fingerprint density at radius 2 is 1.86 bits per heavy atom. The van der Waals surface area contributed by atoms with Crippen LogP contribution in [0.15, 0.2) is 24.3 Å². The highest BCUT2D eigenvalue weighted by Gasteiger charge is 2.27. The smallest absolute Gasteiger partial charge is 0.333 e. The van der Waals surface area contributed by atoms with E-state index in [1.54, 1.807) is 0 Å². The van der Waals surface area contributed by atoms with Crippen LogP contribution >= 0.6 is 0 Å². The number of rotatable bonds is 7. The molecule has 1 heterocycles. The summed E-state index contributed by atoms with van der Waals surface area (Å²) in [4.78, 5) is 13.4. The standard InChI is InChI=1S/C19H26N6O3S/c1-12-21-18(23-15-8-6-13(10-15)11-28-29(20,26)27)25-19(22-12)24-17-9-7-14-4-2-3-5-16(14)17/h2-5,13,15,17H,6-11H2,1H3,(H2,20,26,27)(H2,21,22,23,24,25)/t13-,15-,17?/m1/s1. The molecule has 0 aliphatic heterocycles. The molecule has 4 N–H and O–H groups in total. The maximum Gasteiger partial charge on any atom is 0.333 e. The average molecular weight is 419 g/mol. The highest BCUT2D eigenvalue weighted by atomic mass is 32.2. The number of aromatic nitrogens is 3. The third-order valence-electron chi connectivity index (χ3n) is 5.53. The van der Waals surface area contributed by atoms with Crippen molar-refractivity contribution in [1.29, 1.82) is 0 Å². The summed E-state index contributed by atoms with van der Waals surface area (Å²) in [5.74, 6) is 1.88. The molecule has 0 spiro atoms. The number of benzene rings is 1. The van der Waals surface area contributed by atoms with Gasteiger partial charge in [0.05, 0.1) is 12.6 Å². The number of nitrogens with zero attached hydrogens (tertiary/aromatic N) is 3. The molecule has 29 heavy (non-hydrogen) atoms. The van der Waals surface area contributed by atoms with Crippen molar-refractivity contribution in [3.63, 3.8) is 0 Å². The highest BCUT2D eigenvalue weighted by Crippen LogP contribution is 2.33. The fraction of sp³-hybridized carbons (Fsp3) is 0.526. The Labute approximate surface area is 170 Å². The van der Waals surface area contributed by atoms with Gasteiger partial charge in [-0.05, 0) is 56.1 Å². The van der Waals surface area contributed by atoms with Crippen molar-refractivity contribution in [1.82, 2.24) is 15.0 Å². The van der Waals surface area contributed by atoms with Gasteiger partial charge < -0.3 is 10.6 Å². The predicted octanol–water partition coefficient (Wildman–Crippen LogP) is 2.08. The van der Waals surface area contributed by atoms with Crippen LogP contribution in [0.25, 0.3) is 0 Å². The normalized spacial score (nSPS) is 23.7. The molecule has 2 aromatic rings. The second kappa shape index (κ2) is 8.21. The van der Waals surface area contributed by atoms with Crippen molar-refractivity contribution in [2.45, 2.75) is 51.1 Å². The molecule has 1 unspecified atom stereocenters. The first-order chi connectivity index (χ1) is 13.9. The Morgan fingerprint density at radius 3 is 2.66 bits per heavy atom. The first-order valence-corrected chi connectivity index (χ1v) is 11.3. The van der Waals surface area contributed by atoms with Crippen LogP contribution in [0.5, 0.6) is 0 Å². The largest absolute Gasteiger partial charge is 0.351 e. The van der Waals surface area contributed by atoms with E-state index >= 15 is 0 Å². The fourth-order valence-electron chi connectivity index (χ4n) is 4.20. The van der Waals surface area contributed by atoms with E-state index in [2.05, 4.69) is 49.9 Å². The van der Waals surface area contributed by atoms with Gasteiger partial charge in [0.1, 0.15) is 5.82 Å². The minimum atomic E-state index is -3.89. The number of nitrogens with one attached hydrogen (secondary N) is 2. The maximum atomic E-state index is 11.0. The van der Waals surface area contributed by atoms with Gasteiger partial charge in [0.25, 0.3) is 0 Å². The Balaban J connectivity index is 1.38. The van der Waals surface area contributed by atoms with Crippen molar-refractivity contribution in [3.05, 3.63) is 41.2 Å². The molecule has 1 saturated carbocycles. The summed E-state index contributed by atoms with van der Waals surface area (Å²) in [6.07, 6.45) is 4.59. The van der Waals surface area contributed by atoms with Crippen LogP contribution < -0.4 is 15.8 Å². The van der Waals surface area contributed by atoms with Gasteiger partial charge in [-0.25, -0.2) is 5.14 Å². The molecule has 1 aromatic carbocycles. The van der Waals surface area contributed by atoms with E-state index in [-0.39, 0.29) is 24.6 Å². The fourth-order valence-corrected chi connectivity index (χ4v) is 4.59. The van der Waals surface area contributed by atoms with Crippen LogP contribution in [0.2, 0.25) is 0 Å². The number of aryl methyl sites for hydroxylation is 2. The summed E-state index contributed by atoms with van der Waals surface area (Å²) < 4.78 is 26.6.